The highest BCUT2D eigenvalue weighted by atomic mass is 35.5. The van der Waals surface area contributed by atoms with Gasteiger partial charge in [0.15, 0.2) is 5.16 Å². The molecule has 0 fully saturated rings. The van der Waals surface area contributed by atoms with E-state index in [4.69, 9.17) is 23.2 Å². The predicted octanol–water partition coefficient (Wildman–Crippen LogP) is 4.01. The van der Waals surface area contributed by atoms with Crippen molar-refractivity contribution in [3.05, 3.63) is 62.9 Å². The molecule has 2 heterocycles. The molecule has 0 aliphatic heterocycles. The van der Waals surface area contributed by atoms with Crippen LogP contribution in [0.3, 0.4) is 0 Å². The Kier molecular flexibility index (Phi) is 5.24. The largest absolute Gasteiger partial charge is 0.324 e. The molecule has 148 valence electrons. The quantitative estimate of drug-likeness (QED) is 0.478. The molecule has 7 nitrogen and oxygen atoms in total. The highest BCUT2D eigenvalue weighted by molar-refractivity contribution is 8.00. The number of hydrogen-bond donors (Lipinski definition) is 1. The number of carbonyl (C=O) groups excluding carboxylic acids is 1. The van der Waals surface area contributed by atoms with E-state index >= 15 is 0 Å². The molecule has 0 bridgehead atoms. The number of aryl methyl sites for hydroxylation is 1. The molecule has 1 amide bonds. The van der Waals surface area contributed by atoms with Crippen LogP contribution in [0.4, 0.5) is 5.69 Å². The van der Waals surface area contributed by atoms with Crippen molar-refractivity contribution in [2.75, 3.05) is 5.32 Å². The zero-order valence-corrected chi connectivity index (χ0v) is 17.7. The molecule has 0 radical (unpaired) electrons. The first kappa shape index (κ1) is 19.8. The first-order valence-electron chi connectivity index (χ1n) is 8.62. The number of halogens is 2. The van der Waals surface area contributed by atoms with Gasteiger partial charge in [0.05, 0.1) is 26.9 Å². The summed E-state index contributed by atoms with van der Waals surface area (Å²) in [5.74, 6) is 0.145. The Morgan fingerprint density at radius 2 is 1.93 bits per heavy atom. The fourth-order valence-corrected chi connectivity index (χ4v) is 4.12. The Morgan fingerprint density at radius 3 is 2.72 bits per heavy atom. The minimum absolute atomic E-state index is 0.154. The van der Waals surface area contributed by atoms with Crippen LogP contribution in [-0.2, 0) is 11.8 Å². The van der Waals surface area contributed by atoms with Gasteiger partial charge in [-0.1, -0.05) is 47.1 Å². The minimum atomic E-state index is -0.506. The first-order chi connectivity index (χ1) is 13.9. The SMILES string of the molecule is CC(Sc1nnc2n(C)c(=O)c3ccccc3n12)C(=O)Nc1cc(Cl)ccc1Cl. The van der Waals surface area contributed by atoms with E-state index in [-0.39, 0.29) is 11.5 Å². The number of aromatic nitrogens is 4. The number of hydrogen-bond acceptors (Lipinski definition) is 5. The zero-order chi connectivity index (χ0) is 20.7. The zero-order valence-electron chi connectivity index (χ0n) is 15.4. The van der Waals surface area contributed by atoms with E-state index < -0.39 is 5.25 Å². The van der Waals surface area contributed by atoms with E-state index in [2.05, 4.69) is 15.5 Å². The van der Waals surface area contributed by atoms with Gasteiger partial charge in [-0.15, -0.1) is 10.2 Å². The molecule has 2 aromatic heterocycles. The second-order valence-corrected chi connectivity index (χ2v) is 8.52. The molecule has 0 saturated heterocycles. The highest BCUT2D eigenvalue weighted by Gasteiger charge is 2.21. The van der Waals surface area contributed by atoms with Crippen molar-refractivity contribution in [3.8, 4) is 0 Å². The highest BCUT2D eigenvalue weighted by Crippen LogP contribution is 2.28. The predicted molar refractivity (Wildman–Crippen MR) is 116 cm³/mol. The lowest BCUT2D eigenvalue weighted by atomic mass is 10.2. The molecule has 2 aromatic carbocycles. The number of para-hydroxylation sites is 1. The number of rotatable bonds is 4. The maximum absolute atomic E-state index is 12.7. The summed E-state index contributed by atoms with van der Waals surface area (Å²) in [5.41, 5.74) is 0.970. The Hall–Kier alpha value is -2.55. The molecule has 1 unspecified atom stereocenters. The third kappa shape index (κ3) is 3.59. The van der Waals surface area contributed by atoms with Crippen molar-refractivity contribution in [1.29, 1.82) is 0 Å². The summed E-state index contributed by atoms with van der Waals surface area (Å²) in [7, 11) is 1.64. The fourth-order valence-electron chi connectivity index (χ4n) is 2.93. The standard InChI is InChI=1S/C19H15Cl2N5O2S/c1-10(16(27)22-14-9-11(20)7-8-13(14)21)29-19-24-23-18-25(2)17(28)12-5-3-4-6-15(12)26(18)19/h3-10H,1-2H3,(H,22,27). The summed E-state index contributed by atoms with van der Waals surface area (Å²) >= 11 is 13.3. The molecule has 4 aromatic rings. The van der Waals surface area contributed by atoms with Crippen molar-refractivity contribution in [3.63, 3.8) is 0 Å². The van der Waals surface area contributed by atoms with Crippen LogP contribution in [-0.4, -0.2) is 30.3 Å². The van der Waals surface area contributed by atoms with Crippen LogP contribution >= 0.6 is 35.0 Å². The lowest BCUT2D eigenvalue weighted by Crippen LogP contribution is -2.23. The van der Waals surface area contributed by atoms with Crippen LogP contribution in [0.2, 0.25) is 10.0 Å². The van der Waals surface area contributed by atoms with Crippen LogP contribution in [0.1, 0.15) is 6.92 Å². The van der Waals surface area contributed by atoms with Gasteiger partial charge in [-0.05, 0) is 37.3 Å². The molecule has 29 heavy (non-hydrogen) atoms. The number of nitrogens with zero attached hydrogens (tertiary/aromatic N) is 4. The molecule has 1 atom stereocenters. The number of amides is 1. The number of nitrogens with one attached hydrogen (secondary N) is 1. The van der Waals surface area contributed by atoms with Gasteiger partial charge in [0, 0.05) is 12.1 Å². The molecule has 0 spiro atoms. The molecular formula is C19H15Cl2N5O2S. The number of carbonyl (C=O) groups is 1. The third-order valence-corrected chi connectivity index (χ3v) is 6.04. The maximum atomic E-state index is 12.7. The summed E-state index contributed by atoms with van der Waals surface area (Å²) in [4.78, 5) is 25.2. The van der Waals surface area contributed by atoms with E-state index in [9.17, 15) is 9.59 Å². The van der Waals surface area contributed by atoms with Crippen molar-refractivity contribution >= 4 is 63.2 Å². The number of thioether (sulfide) groups is 1. The van der Waals surface area contributed by atoms with Crippen molar-refractivity contribution < 1.29 is 4.79 Å². The van der Waals surface area contributed by atoms with E-state index in [1.807, 2.05) is 12.1 Å². The summed E-state index contributed by atoms with van der Waals surface area (Å²) in [6.45, 7) is 1.75. The molecular weight excluding hydrogens is 433 g/mol. The second kappa shape index (κ2) is 7.70. The van der Waals surface area contributed by atoms with Crippen LogP contribution < -0.4 is 10.9 Å². The minimum Gasteiger partial charge on any atom is -0.324 e. The monoisotopic (exact) mass is 447 g/mol. The molecule has 0 saturated carbocycles. The lowest BCUT2D eigenvalue weighted by molar-refractivity contribution is -0.115. The van der Waals surface area contributed by atoms with Gasteiger partial charge in [-0.2, -0.15) is 0 Å². The van der Waals surface area contributed by atoms with E-state index in [0.29, 0.717) is 37.6 Å². The average Bonchev–Trinajstić information content (AvgIpc) is 3.12. The van der Waals surface area contributed by atoms with Crippen LogP contribution in [0.15, 0.2) is 52.4 Å². The van der Waals surface area contributed by atoms with Crippen LogP contribution in [0, 0.1) is 0 Å². The normalized spacial score (nSPS) is 12.4. The molecule has 0 aliphatic rings. The lowest BCUT2D eigenvalue weighted by Gasteiger charge is -2.13. The van der Waals surface area contributed by atoms with Gasteiger partial charge in [0.2, 0.25) is 11.7 Å². The smallest absolute Gasteiger partial charge is 0.262 e. The average molecular weight is 448 g/mol. The Balaban J connectivity index is 1.68. The Labute approximate surface area is 179 Å². The van der Waals surface area contributed by atoms with Crippen molar-refractivity contribution in [2.24, 2.45) is 7.05 Å². The van der Waals surface area contributed by atoms with E-state index in [1.54, 1.807) is 48.7 Å². The number of benzene rings is 2. The van der Waals surface area contributed by atoms with Gasteiger partial charge in [0.25, 0.3) is 5.56 Å². The fraction of sp³-hybridized carbons (Fsp3) is 0.158. The summed E-state index contributed by atoms with van der Waals surface area (Å²) in [6, 6.07) is 12.1. The first-order valence-corrected chi connectivity index (χ1v) is 10.3. The third-order valence-electron chi connectivity index (χ3n) is 4.43. The van der Waals surface area contributed by atoms with Crippen LogP contribution in [0.25, 0.3) is 16.7 Å². The summed E-state index contributed by atoms with van der Waals surface area (Å²) in [6.07, 6.45) is 0. The Bertz CT molecular complexity index is 1320. The van der Waals surface area contributed by atoms with Crippen molar-refractivity contribution in [1.82, 2.24) is 19.2 Å². The van der Waals surface area contributed by atoms with Crippen LogP contribution in [0.5, 0.6) is 0 Å². The van der Waals surface area contributed by atoms with Gasteiger partial charge in [0.1, 0.15) is 0 Å². The van der Waals surface area contributed by atoms with Gasteiger partial charge < -0.3 is 5.32 Å². The Morgan fingerprint density at radius 1 is 1.17 bits per heavy atom. The van der Waals surface area contributed by atoms with Crippen molar-refractivity contribution in [2.45, 2.75) is 17.3 Å². The number of fused-ring (bicyclic) bond motifs is 3. The molecule has 4 rings (SSSR count). The second-order valence-electron chi connectivity index (χ2n) is 6.37. The molecule has 10 heteroatoms. The van der Waals surface area contributed by atoms with E-state index in [1.165, 1.54) is 16.3 Å². The summed E-state index contributed by atoms with van der Waals surface area (Å²) < 4.78 is 3.22. The van der Waals surface area contributed by atoms with Gasteiger partial charge in [-0.25, -0.2) is 0 Å². The summed E-state index contributed by atoms with van der Waals surface area (Å²) in [5, 5.41) is 12.5. The van der Waals surface area contributed by atoms with E-state index in [0.717, 1.165) is 0 Å². The molecule has 0 aliphatic carbocycles. The topological polar surface area (TPSA) is 81.3 Å². The van der Waals surface area contributed by atoms with Gasteiger partial charge >= 0.3 is 0 Å². The number of anilines is 1. The maximum Gasteiger partial charge on any atom is 0.262 e. The molecule has 1 N–H and O–H groups in total. The van der Waals surface area contributed by atoms with Gasteiger partial charge in [-0.3, -0.25) is 18.6 Å².